The molecule has 0 saturated carbocycles. The monoisotopic (exact) mass is 453 g/mol. The second-order valence-electron chi connectivity index (χ2n) is 9.40. The van der Waals surface area contributed by atoms with Gasteiger partial charge in [-0.25, -0.2) is 4.98 Å². The van der Waals surface area contributed by atoms with Crippen molar-refractivity contribution in [1.29, 1.82) is 5.26 Å². The molecular formula is C27H27N5O2. The number of hydrogen-bond acceptors (Lipinski definition) is 5. The van der Waals surface area contributed by atoms with E-state index in [1.807, 2.05) is 47.8 Å². The lowest BCUT2D eigenvalue weighted by Gasteiger charge is -2.28. The molecule has 1 fully saturated rings. The van der Waals surface area contributed by atoms with Gasteiger partial charge in [-0.05, 0) is 36.4 Å². The van der Waals surface area contributed by atoms with E-state index in [0.717, 1.165) is 53.8 Å². The molecule has 2 aromatic carbocycles. The zero-order chi connectivity index (χ0) is 23.1. The molecule has 3 aromatic rings. The zero-order valence-corrected chi connectivity index (χ0v) is 19.0. The van der Waals surface area contributed by atoms with Gasteiger partial charge in [0.05, 0.1) is 30.0 Å². The number of nitrogens with zero attached hydrogens (tertiary/aromatic N) is 4. The second-order valence-corrected chi connectivity index (χ2v) is 9.40. The number of allylic oxidation sites excluding steroid dienone is 1. The first kappa shape index (κ1) is 20.9. The first-order valence-electron chi connectivity index (χ1n) is 12.0. The average Bonchev–Trinajstić information content (AvgIpc) is 3.44. The smallest absolute Gasteiger partial charge is 0.244 e. The van der Waals surface area contributed by atoms with Crippen molar-refractivity contribution in [2.45, 2.75) is 44.4 Å². The Hall–Kier alpha value is -3.63. The van der Waals surface area contributed by atoms with Gasteiger partial charge >= 0.3 is 0 Å². The largest absolute Gasteiger partial charge is 0.489 e. The Morgan fingerprint density at radius 2 is 2.18 bits per heavy atom. The van der Waals surface area contributed by atoms with Crippen molar-refractivity contribution >= 4 is 22.4 Å². The molecule has 7 heteroatoms. The number of carbonyl (C=O) groups is 1. The fraction of sp³-hybridized carbons (Fsp3) is 0.370. The molecule has 0 radical (unpaired) electrons. The minimum Gasteiger partial charge on any atom is -0.489 e. The van der Waals surface area contributed by atoms with E-state index >= 15 is 0 Å². The molecule has 3 heterocycles. The van der Waals surface area contributed by atoms with Crippen LogP contribution in [0, 0.1) is 17.2 Å². The summed E-state index contributed by atoms with van der Waals surface area (Å²) >= 11 is 0. The number of anilines is 1. The molecule has 1 aliphatic carbocycles. The molecule has 7 nitrogen and oxygen atoms in total. The van der Waals surface area contributed by atoms with Crippen LogP contribution in [0.4, 0.5) is 5.69 Å². The van der Waals surface area contributed by atoms with E-state index in [-0.39, 0.29) is 24.0 Å². The van der Waals surface area contributed by atoms with Crippen LogP contribution in [0.3, 0.4) is 0 Å². The molecule has 3 atom stereocenters. The number of amides is 1. The summed E-state index contributed by atoms with van der Waals surface area (Å²) in [7, 11) is 0. The summed E-state index contributed by atoms with van der Waals surface area (Å²) < 4.78 is 8.61. The predicted molar refractivity (Wildman–Crippen MR) is 129 cm³/mol. The molecule has 1 aromatic heterocycles. The Kier molecular flexibility index (Phi) is 5.31. The number of hydrogen-bond donors (Lipinski definition) is 1. The number of fused-ring (bicyclic) bond motifs is 7. The third kappa shape index (κ3) is 3.74. The fourth-order valence-corrected chi connectivity index (χ4v) is 5.44. The SMILES string of the molecule is N#C[C@H]1CC=C2C[C@@H]1Oc1ccc3cccc(c3c1)N1CC[C@H](NCCc3cncn3C2)C1=O. The van der Waals surface area contributed by atoms with Crippen LogP contribution in [-0.4, -0.2) is 40.7 Å². The first-order valence-corrected chi connectivity index (χ1v) is 12.0. The minimum absolute atomic E-state index is 0.113. The number of benzene rings is 2. The lowest BCUT2D eigenvalue weighted by atomic mass is 9.87. The Morgan fingerprint density at radius 3 is 3.09 bits per heavy atom. The van der Waals surface area contributed by atoms with Crippen LogP contribution in [0.25, 0.3) is 10.8 Å². The Labute approximate surface area is 198 Å². The third-order valence-electron chi connectivity index (χ3n) is 7.30. The highest BCUT2D eigenvalue weighted by atomic mass is 16.5. The fourth-order valence-electron chi connectivity index (χ4n) is 5.44. The van der Waals surface area contributed by atoms with E-state index in [1.165, 1.54) is 5.57 Å². The van der Waals surface area contributed by atoms with Gasteiger partial charge in [-0.1, -0.05) is 29.8 Å². The van der Waals surface area contributed by atoms with Gasteiger partial charge < -0.3 is 19.5 Å². The molecule has 2 aliphatic heterocycles. The van der Waals surface area contributed by atoms with Gasteiger partial charge in [0.25, 0.3) is 0 Å². The lowest BCUT2D eigenvalue weighted by molar-refractivity contribution is -0.118. The Balaban J connectivity index is 1.41. The number of carbonyl (C=O) groups excluding carboxylic acids is 1. The molecule has 0 spiro atoms. The number of nitriles is 1. The highest BCUT2D eigenvalue weighted by Gasteiger charge is 2.33. The van der Waals surface area contributed by atoms with Gasteiger partial charge in [0.15, 0.2) is 0 Å². The molecular weight excluding hydrogens is 426 g/mol. The Morgan fingerprint density at radius 1 is 1.24 bits per heavy atom. The summed E-state index contributed by atoms with van der Waals surface area (Å²) in [5.74, 6) is 0.659. The van der Waals surface area contributed by atoms with E-state index in [2.05, 4.69) is 33.1 Å². The van der Waals surface area contributed by atoms with Crippen molar-refractivity contribution in [1.82, 2.24) is 14.9 Å². The van der Waals surface area contributed by atoms with Gasteiger partial charge in [-0.15, -0.1) is 0 Å². The highest BCUT2D eigenvalue weighted by Crippen LogP contribution is 2.35. The van der Waals surface area contributed by atoms with Crippen LogP contribution in [0.15, 0.2) is 60.6 Å². The molecule has 1 N–H and O–H groups in total. The topological polar surface area (TPSA) is 83.2 Å². The summed E-state index contributed by atoms with van der Waals surface area (Å²) in [5.41, 5.74) is 3.31. The number of imidazole rings is 1. The van der Waals surface area contributed by atoms with Gasteiger partial charge in [-0.3, -0.25) is 4.79 Å². The van der Waals surface area contributed by atoms with Gasteiger partial charge in [0, 0.05) is 49.8 Å². The standard InChI is InChI=1S/C27H27N5O2/c28-14-20-5-4-18-12-26(20)34-22-7-6-19-2-1-3-25(23(19)13-22)32-11-9-24(27(32)33)30-10-8-21-15-29-17-31(21)16-18/h1-4,6-7,13,15,17,20,24,26,30H,5,8-12,16H2/t20-,24+,26+/m1/s1. The van der Waals surface area contributed by atoms with Crippen LogP contribution in [0.2, 0.25) is 0 Å². The van der Waals surface area contributed by atoms with Gasteiger partial charge in [-0.2, -0.15) is 5.26 Å². The number of aromatic nitrogens is 2. The molecule has 1 amide bonds. The van der Waals surface area contributed by atoms with Crippen molar-refractivity contribution in [3.05, 3.63) is 66.3 Å². The highest BCUT2D eigenvalue weighted by molar-refractivity contribution is 6.07. The van der Waals surface area contributed by atoms with Gasteiger partial charge in [0.2, 0.25) is 5.91 Å². The van der Waals surface area contributed by atoms with Crippen molar-refractivity contribution in [2.75, 3.05) is 18.0 Å². The predicted octanol–water partition coefficient (Wildman–Crippen LogP) is 3.59. The van der Waals surface area contributed by atoms with Crippen molar-refractivity contribution in [3.63, 3.8) is 0 Å². The molecule has 1 saturated heterocycles. The van der Waals surface area contributed by atoms with Crippen LogP contribution in [-0.2, 0) is 17.8 Å². The minimum atomic E-state index is -0.211. The van der Waals surface area contributed by atoms with E-state index in [1.54, 1.807) is 0 Å². The lowest BCUT2D eigenvalue weighted by Crippen LogP contribution is -2.39. The molecule has 172 valence electrons. The Bertz CT molecular complexity index is 1320. The molecule has 34 heavy (non-hydrogen) atoms. The van der Waals surface area contributed by atoms with E-state index in [0.29, 0.717) is 19.4 Å². The maximum Gasteiger partial charge on any atom is 0.244 e. The summed E-state index contributed by atoms with van der Waals surface area (Å²) in [6, 6.07) is 14.4. The van der Waals surface area contributed by atoms with Crippen LogP contribution < -0.4 is 15.0 Å². The quantitative estimate of drug-likeness (QED) is 0.526. The van der Waals surface area contributed by atoms with Crippen molar-refractivity contribution < 1.29 is 9.53 Å². The van der Waals surface area contributed by atoms with E-state index in [9.17, 15) is 10.1 Å². The number of nitrogens with one attached hydrogen (secondary N) is 1. The summed E-state index contributed by atoms with van der Waals surface area (Å²) in [5, 5.41) is 15.3. The summed E-state index contributed by atoms with van der Waals surface area (Å²) in [6.45, 7) is 2.15. The molecule has 0 unspecified atom stereocenters. The molecule has 6 bridgehead atoms. The molecule has 6 rings (SSSR count). The normalized spacial score (nSPS) is 24.8. The number of ether oxygens (including phenoxy) is 1. The van der Waals surface area contributed by atoms with Crippen molar-refractivity contribution in [2.24, 2.45) is 5.92 Å². The third-order valence-corrected chi connectivity index (χ3v) is 7.30. The summed E-state index contributed by atoms with van der Waals surface area (Å²) in [6.07, 6.45) is 8.72. The van der Waals surface area contributed by atoms with Crippen LogP contribution >= 0.6 is 0 Å². The number of rotatable bonds is 0. The van der Waals surface area contributed by atoms with Crippen LogP contribution in [0.5, 0.6) is 5.75 Å². The second kappa shape index (κ2) is 8.62. The maximum atomic E-state index is 13.3. The zero-order valence-electron chi connectivity index (χ0n) is 19.0. The first-order chi connectivity index (χ1) is 16.7. The molecule has 3 aliphatic rings. The van der Waals surface area contributed by atoms with Crippen LogP contribution in [0.1, 0.15) is 25.0 Å². The van der Waals surface area contributed by atoms with Crippen molar-refractivity contribution in [3.8, 4) is 11.8 Å². The van der Waals surface area contributed by atoms with E-state index in [4.69, 9.17) is 4.74 Å². The summed E-state index contributed by atoms with van der Waals surface area (Å²) in [4.78, 5) is 19.5. The maximum absolute atomic E-state index is 13.3. The van der Waals surface area contributed by atoms with E-state index < -0.39 is 0 Å². The average molecular weight is 454 g/mol. The van der Waals surface area contributed by atoms with Gasteiger partial charge in [0.1, 0.15) is 11.9 Å².